The van der Waals surface area contributed by atoms with Gasteiger partial charge in [-0.3, -0.25) is 9.50 Å². The summed E-state index contributed by atoms with van der Waals surface area (Å²) in [7, 11) is 0. The van der Waals surface area contributed by atoms with Crippen LogP contribution in [0.5, 0.6) is 0 Å². The van der Waals surface area contributed by atoms with E-state index in [0.717, 1.165) is 12.1 Å². The quantitative estimate of drug-likeness (QED) is 0.665. The maximum atomic E-state index is 11.8. The van der Waals surface area contributed by atoms with Gasteiger partial charge in [0.25, 0.3) is 0 Å². The van der Waals surface area contributed by atoms with Gasteiger partial charge >= 0.3 is 5.97 Å². The van der Waals surface area contributed by atoms with Gasteiger partial charge in [-0.05, 0) is 38.8 Å². The van der Waals surface area contributed by atoms with E-state index in [1.54, 1.807) is 11.8 Å². The summed E-state index contributed by atoms with van der Waals surface area (Å²) in [4.78, 5) is 22.7. The summed E-state index contributed by atoms with van der Waals surface area (Å²) in [6.45, 7) is 4.25. The van der Waals surface area contributed by atoms with Crippen LogP contribution in [0.15, 0.2) is 24.4 Å². The van der Waals surface area contributed by atoms with Crippen molar-refractivity contribution in [2.75, 3.05) is 16.8 Å². The average molecular weight is 341 g/mol. The van der Waals surface area contributed by atoms with E-state index in [1.807, 2.05) is 35.7 Å². The first-order chi connectivity index (χ1) is 12.0. The van der Waals surface area contributed by atoms with E-state index >= 15 is 0 Å². The molecule has 1 aliphatic heterocycles. The fraction of sp³-hybridized carbons (Fsp3) is 0.375. The molecule has 25 heavy (non-hydrogen) atoms. The van der Waals surface area contributed by atoms with E-state index in [4.69, 9.17) is 0 Å². The summed E-state index contributed by atoms with van der Waals surface area (Å²) in [5, 5.41) is 19.9. The summed E-state index contributed by atoms with van der Waals surface area (Å²) in [5.74, 6) is 0.723. The summed E-state index contributed by atoms with van der Waals surface area (Å²) >= 11 is 0. The molecular weight excluding hydrogens is 322 g/mol. The molecule has 4 heterocycles. The number of aliphatic carboxylic acids is 1. The van der Waals surface area contributed by atoms with Crippen molar-refractivity contribution in [3.05, 3.63) is 30.1 Å². The Kier molecular flexibility index (Phi) is 3.38. The van der Waals surface area contributed by atoms with Crippen LogP contribution in [-0.4, -0.2) is 47.7 Å². The number of nitrogens with zero attached hydrogens (tertiary/aromatic N) is 5. The predicted molar refractivity (Wildman–Crippen MR) is 92.2 cm³/mol. The molecule has 0 bridgehead atoms. The fourth-order valence-corrected chi connectivity index (χ4v) is 3.23. The van der Waals surface area contributed by atoms with E-state index in [1.165, 1.54) is 0 Å². The molecular formula is C16H19N7O2. The van der Waals surface area contributed by atoms with Crippen molar-refractivity contribution in [3.8, 4) is 0 Å². The molecule has 130 valence electrons. The number of aromatic amines is 1. The van der Waals surface area contributed by atoms with Crippen LogP contribution in [0.2, 0.25) is 0 Å². The van der Waals surface area contributed by atoms with E-state index < -0.39 is 11.5 Å². The Labute approximate surface area is 143 Å². The number of carbonyl (C=O) groups is 1. The van der Waals surface area contributed by atoms with Crippen molar-refractivity contribution >= 4 is 29.3 Å². The second-order valence-corrected chi connectivity index (χ2v) is 6.48. The number of carboxylic acid groups (broad SMARTS) is 1. The van der Waals surface area contributed by atoms with Gasteiger partial charge in [-0.2, -0.15) is 15.1 Å². The molecule has 0 amide bonds. The molecule has 0 spiro atoms. The first-order valence-corrected chi connectivity index (χ1v) is 8.12. The number of carboxylic acids is 1. The lowest BCUT2D eigenvalue weighted by molar-refractivity contribution is -0.142. The average Bonchev–Trinajstić information content (AvgIpc) is 3.27. The lowest BCUT2D eigenvalue weighted by Gasteiger charge is -2.31. The molecule has 9 heteroatoms. The minimum absolute atomic E-state index is 0.406. The van der Waals surface area contributed by atoms with Gasteiger partial charge in [0, 0.05) is 24.5 Å². The number of H-pyrrole nitrogens is 1. The maximum absolute atomic E-state index is 11.8. The Balaban J connectivity index is 1.79. The summed E-state index contributed by atoms with van der Waals surface area (Å²) in [6.07, 6.45) is 3.21. The molecule has 0 aromatic carbocycles. The number of hydrogen-bond donors (Lipinski definition) is 3. The molecule has 1 fully saturated rings. The zero-order chi connectivity index (χ0) is 17.6. The minimum Gasteiger partial charge on any atom is -0.480 e. The molecule has 1 saturated heterocycles. The van der Waals surface area contributed by atoms with Crippen LogP contribution in [0.1, 0.15) is 25.5 Å². The van der Waals surface area contributed by atoms with E-state index in [0.29, 0.717) is 36.3 Å². The summed E-state index contributed by atoms with van der Waals surface area (Å²) < 4.78 is 1.81. The number of aryl methyl sites for hydroxylation is 1. The molecule has 3 aromatic heterocycles. The van der Waals surface area contributed by atoms with Gasteiger partial charge in [0.1, 0.15) is 11.2 Å². The number of aromatic nitrogens is 5. The van der Waals surface area contributed by atoms with Crippen LogP contribution in [0, 0.1) is 6.92 Å². The van der Waals surface area contributed by atoms with Crippen LogP contribution < -0.4 is 10.2 Å². The highest BCUT2D eigenvalue weighted by Crippen LogP contribution is 2.33. The van der Waals surface area contributed by atoms with E-state index in [9.17, 15) is 9.90 Å². The van der Waals surface area contributed by atoms with Crippen molar-refractivity contribution in [1.82, 2.24) is 24.6 Å². The molecule has 0 aliphatic carbocycles. The SMILES string of the molecule is Cc1cc(Nc2nc(N3CCC[C@@]3(C)C(=O)O)nc3cccn23)n[nH]1. The Hall–Kier alpha value is -3.10. The Morgan fingerprint density at radius 2 is 2.28 bits per heavy atom. The smallest absolute Gasteiger partial charge is 0.329 e. The molecule has 9 nitrogen and oxygen atoms in total. The highest BCUT2D eigenvalue weighted by Gasteiger charge is 2.45. The van der Waals surface area contributed by atoms with E-state index in [-0.39, 0.29) is 0 Å². The van der Waals surface area contributed by atoms with Crippen LogP contribution in [0.4, 0.5) is 17.7 Å². The molecule has 0 unspecified atom stereocenters. The monoisotopic (exact) mass is 341 g/mol. The molecule has 1 aliphatic rings. The number of nitrogens with one attached hydrogen (secondary N) is 2. The molecule has 4 rings (SSSR count). The molecule has 0 saturated carbocycles. The second-order valence-electron chi connectivity index (χ2n) is 6.48. The number of fused-ring (bicyclic) bond motifs is 1. The van der Waals surface area contributed by atoms with Gasteiger partial charge in [0.2, 0.25) is 11.9 Å². The Bertz CT molecular complexity index is 947. The second kappa shape index (κ2) is 5.47. The normalized spacial score (nSPS) is 20.3. The third kappa shape index (κ3) is 2.48. The third-order valence-corrected chi connectivity index (χ3v) is 4.66. The highest BCUT2D eigenvalue weighted by atomic mass is 16.4. The number of rotatable bonds is 4. The summed E-state index contributed by atoms with van der Waals surface area (Å²) in [5.41, 5.74) is 0.628. The van der Waals surface area contributed by atoms with Crippen LogP contribution in [0.3, 0.4) is 0 Å². The lowest BCUT2D eigenvalue weighted by Crippen LogP contribution is -2.49. The van der Waals surface area contributed by atoms with Crippen molar-refractivity contribution in [1.29, 1.82) is 0 Å². The zero-order valence-corrected chi connectivity index (χ0v) is 14.0. The topological polar surface area (TPSA) is 111 Å². The van der Waals surface area contributed by atoms with E-state index in [2.05, 4.69) is 25.5 Å². The van der Waals surface area contributed by atoms with Crippen molar-refractivity contribution < 1.29 is 9.90 Å². The van der Waals surface area contributed by atoms with Gasteiger partial charge in [-0.1, -0.05) is 0 Å². The molecule has 3 N–H and O–H groups in total. The van der Waals surface area contributed by atoms with Crippen LogP contribution in [-0.2, 0) is 4.79 Å². The van der Waals surface area contributed by atoms with Gasteiger partial charge in [-0.25, -0.2) is 4.79 Å². The van der Waals surface area contributed by atoms with Crippen molar-refractivity contribution in [2.45, 2.75) is 32.2 Å². The first kappa shape index (κ1) is 15.4. The van der Waals surface area contributed by atoms with Crippen LogP contribution in [0.25, 0.3) is 5.65 Å². The minimum atomic E-state index is -0.995. The fourth-order valence-electron chi connectivity index (χ4n) is 3.23. The van der Waals surface area contributed by atoms with Crippen LogP contribution >= 0.6 is 0 Å². The van der Waals surface area contributed by atoms with Gasteiger partial charge < -0.3 is 15.3 Å². The molecule has 0 radical (unpaired) electrons. The predicted octanol–water partition coefficient (Wildman–Crippen LogP) is 1.95. The standard InChI is InChI=1S/C16H19N7O2/c1-10-9-11(21-20-10)17-14-19-15(18-12-5-3-7-22(12)14)23-8-4-6-16(23,2)13(24)25/h3,5,7,9H,4,6,8H2,1-2H3,(H,24,25)(H2,17,18,19,20,21)/t16-/m0/s1. The van der Waals surface area contributed by atoms with Crippen molar-refractivity contribution in [3.63, 3.8) is 0 Å². The Morgan fingerprint density at radius 3 is 3.00 bits per heavy atom. The van der Waals surface area contributed by atoms with Gasteiger partial charge in [-0.15, -0.1) is 0 Å². The third-order valence-electron chi connectivity index (χ3n) is 4.66. The first-order valence-electron chi connectivity index (χ1n) is 8.12. The molecule has 1 atom stereocenters. The number of hydrogen-bond acceptors (Lipinski definition) is 6. The van der Waals surface area contributed by atoms with Gasteiger partial charge in [0.05, 0.1) is 0 Å². The summed E-state index contributed by atoms with van der Waals surface area (Å²) in [6, 6.07) is 5.60. The van der Waals surface area contributed by atoms with Crippen molar-refractivity contribution in [2.24, 2.45) is 0 Å². The lowest BCUT2D eigenvalue weighted by atomic mass is 10.00. The Morgan fingerprint density at radius 1 is 1.44 bits per heavy atom. The maximum Gasteiger partial charge on any atom is 0.329 e. The number of anilines is 3. The molecule has 3 aromatic rings. The highest BCUT2D eigenvalue weighted by molar-refractivity contribution is 5.83. The zero-order valence-electron chi connectivity index (χ0n) is 14.0. The van der Waals surface area contributed by atoms with Gasteiger partial charge in [0.15, 0.2) is 5.82 Å². The largest absolute Gasteiger partial charge is 0.480 e.